The second-order valence-corrected chi connectivity index (χ2v) is 5.62. The lowest BCUT2D eigenvalue weighted by Crippen LogP contribution is -2.43. The molecule has 0 unspecified atom stereocenters. The second kappa shape index (κ2) is 7.33. The predicted molar refractivity (Wildman–Crippen MR) is 70.9 cm³/mol. The third-order valence-corrected chi connectivity index (χ3v) is 3.72. The number of rotatable bonds is 6. The van der Waals surface area contributed by atoms with Gasteiger partial charge in [-0.25, -0.2) is 9.59 Å². The van der Waals surface area contributed by atoms with Crippen LogP contribution >= 0.6 is 0 Å². The van der Waals surface area contributed by atoms with Crippen LogP contribution in [0.25, 0.3) is 0 Å². The summed E-state index contributed by atoms with van der Waals surface area (Å²) in [6.07, 6.45) is 4.55. The van der Waals surface area contributed by atoms with Crippen molar-refractivity contribution in [1.29, 1.82) is 0 Å². The lowest BCUT2D eigenvalue weighted by molar-refractivity contribution is -0.146. The van der Waals surface area contributed by atoms with Crippen molar-refractivity contribution >= 4 is 12.0 Å². The molecule has 110 valence electrons. The Morgan fingerprint density at radius 3 is 2.42 bits per heavy atom. The van der Waals surface area contributed by atoms with Crippen LogP contribution < -0.4 is 10.6 Å². The molecule has 0 aromatic heterocycles. The van der Waals surface area contributed by atoms with Crippen LogP contribution in [0.1, 0.15) is 45.4 Å². The molecule has 0 radical (unpaired) electrons. The highest BCUT2D eigenvalue weighted by Gasteiger charge is 2.27. The Bertz CT molecular complexity index is 314. The van der Waals surface area contributed by atoms with Gasteiger partial charge in [-0.15, -0.1) is 0 Å². The fourth-order valence-electron chi connectivity index (χ4n) is 2.38. The Morgan fingerprint density at radius 1 is 1.21 bits per heavy atom. The zero-order chi connectivity index (χ0) is 14.3. The van der Waals surface area contributed by atoms with Crippen molar-refractivity contribution in [3.63, 3.8) is 0 Å². The fourth-order valence-corrected chi connectivity index (χ4v) is 2.38. The molecule has 0 aromatic rings. The standard InChI is InChI=1S/C13H24N2O4/c1-13(6-3-2-4-7-13)9-15-12(19)14-8-5-10(16)11(17)18/h10,16H,2-9H2,1H3,(H,17,18)(H2,14,15,19)/t10-/m0/s1. The normalized spacial score (nSPS) is 19.5. The molecule has 1 rings (SSSR count). The summed E-state index contributed by atoms with van der Waals surface area (Å²) in [5, 5.41) is 22.9. The van der Waals surface area contributed by atoms with Gasteiger partial charge in [-0.05, 0) is 18.3 Å². The lowest BCUT2D eigenvalue weighted by atomic mass is 9.76. The van der Waals surface area contributed by atoms with Crippen LogP contribution in [0.3, 0.4) is 0 Å². The Morgan fingerprint density at radius 2 is 1.84 bits per heavy atom. The van der Waals surface area contributed by atoms with E-state index in [0.717, 1.165) is 12.8 Å². The molecule has 0 aliphatic heterocycles. The highest BCUT2D eigenvalue weighted by molar-refractivity contribution is 5.74. The Kier molecular flexibility index (Phi) is 6.08. The lowest BCUT2D eigenvalue weighted by Gasteiger charge is -2.33. The minimum Gasteiger partial charge on any atom is -0.479 e. The van der Waals surface area contributed by atoms with Gasteiger partial charge in [-0.1, -0.05) is 26.2 Å². The molecule has 1 saturated carbocycles. The molecule has 1 aliphatic rings. The van der Waals surface area contributed by atoms with Gasteiger partial charge in [0.1, 0.15) is 0 Å². The summed E-state index contributed by atoms with van der Waals surface area (Å²) in [6, 6.07) is -0.301. The van der Waals surface area contributed by atoms with Crippen LogP contribution in [0, 0.1) is 5.41 Å². The van der Waals surface area contributed by atoms with Crippen molar-refractivity contribution in [2.45, 2.75) is 51.6 Å². The van der Waals surface area contributed by atoms with Crippen molar-refractivity contribution in [1.82, 2.24) is 10.6 Å². The van der Waals surface area contributed by atoms with Gasteiger partial charge in [0.15, 0.2) is 6.10 Å². The number of hydrogen-bond donors (Lipinski definition) is 4. The molecular weight excluding hydrogens is 248 g/mol. The molecule has 0 saturated heterocycles. The number of aliphatic hydroxyl groups is 1. The minimum atomic E-state index is -1.42. The highest BCUT2D eigenvalue weighted by Crippen LogP contribution is 2.34. The number of urea groups is 1. The number of carbonyl (C=O) groups is 2. The topological polar surface area (TPSA) is 98.7 Å². The maximum atomic E-state index is 11.5. The molecule has 6 heteroatoms. The van der Waals surface area contributed by atoms with Crippen LogP contribution in [-0.2, 0) is 4.79 Å². The van der Waals surface area contributed by atoms with Crippen molar-refractivity contribution < 1.29 is 19.8 Å². The quantitative estimate of drug-likeness (QED) is 0.581. The van der Waals surface area contributed by atoms with Crippen LogP contribution in [0.4, 0.5) is 4.79 Å². The number of aliphatic carboxylic acids is 1. The maximum Gasteiger partial charge on any atom is 0.332 e. The van der Waals surface area contributed by atoms with Gasteiger partial charge in [0.25, 0.3) is 0 Å². The van der Waals surface area contributed by atoms with E-state index < -0.39 is 12.1 Å². The predicted octanol–water partition coefficient (Wildman–Crippen LogP) is 1.09. The average Bonchev–Trinajstić information content (AvgIpc) is 2.37. The van der Waals surface area contributed by atoms with Gasteiger partial charge in [0.2, 0.25) is 0 Å². The zero-order valence-corrected chi connectivity index (χ0v) is 11.4. The average molecular weight is 272 g/mol. The zero-order valence-electron chi connectivity index (χ0n) is 11.4. The van der Waals surface area contributed by atoms with Crippen molar-refractivity contribution in [2.75, 3.05) is 13.1 Å². The summed E-state index contributed by atoms with van der Waals surface area (Å²) < 4.78 is 0. The van der Waals surface area contributed by atoms with Gasteiger partial charge in [-0.3, -0.25) is 0 Å². The molecule has 0 aromatic carbocycles. The van der Waals surface area contributed by atoms with Crippen LogP contribution in [0.2, 0.25) is 0 Å². The van der Waals surface area contributed by atoms with E-state index >= 15 is 0 Å². The molecule has 1 fully saturated rings. The third kappa shape index (κ3) is 5.92. The SMILES string of the molecule is CC1(CNC(=O)NCC[C@H](O)C(=O)O)CCCCC1. The van der Waals surface area contributed by atoms with E-state index in [1.54, 1.807) is 0 Å². The smallest absolute Gasteiger partial charge is 0.332 e. The number of carboxylic acid groups (broad SMARTS) is 1. The second-order valence-electron chi connectivity index (χ2n) is 5.62. The summed E-state index contributed by atoms with van der Waals surface area (Å²) in [6.45, 7) is 2.97. The molecule has 19 heavy (non-hydrogen) atoms. The van der Waals surface area contributed by atoms with E-state index in [9.17, 15) is 9.59 Å². The van der Waals surface area contributed by atoms with E-state index in [1.807, 2.05) is 0 Å². The number of carboxylic acids is 1. The molecule has 0 heterocycles. The number of amides is 2. The van der Waals surface area contributed by atoms with Crippen LogP contribution in [0.5, 0.6) is 0 Å². The largest absolute Gasteiger partial charge is 0.479 e. The molecule has 1 atom stereocenters. The molecule has 0 bridgehead atoms. The highest BCUT2D eigenvalue weighted by atomic mass is 16.4. The summed E-state index contributed by atoms with van der Waals surface area (Å²) >= 11 is 0. The number of carbonyl (C=O) groups excluding carboxylic acids is 1. The van der Waals surface area contributed by atoms with Gasteiger partial charge >= 0.3 is 12.0 Å². The number of nitrogens with one attached hydrogen (secondary N) is 2. The maximum absolute atomic E-state index is 11.5. The van der Waals surface area contributed by atoms with E-state index in [0.29, 0.717) is 6.54 Å². The van der Waals surface area contributed by atoms with E-state index in [1.165, 1.54) is 19.3 Å². The van der Waals surface area contributed by atoms with Gasteiger partial charge in [-0.2, -0.15) is 0 Å². The van der Waals surface area contributed by atoms with Crippen molar-refractivity contribution in [3.8, 4) is 0 Å². The van der Waals surface area contributed by atoms with Gasteiger partial charge in [0, 0.05) is 19.5 Å². The van der Waals surface area contributed by atoms with Gasteiger partial charge in [0.05, 0.1) is 0 Å². The number of aliphatic hydroxyl groups excluding tert-OH is 1. The molecule has 6 nitrogen and oxygen atoms in total. The van der Waals surface area contributed by atoms with Gasteiger partial charge < -0.3 is 20.8 Å². The first kappa shape index (κ1) is 15.8. The first-order chi connectivity index (χ1) is 8.93. The van der Waals surface area contributed by atoms with E-state index in [4.69, 9.17) is 10.2 Å². The Labute approximate surface area is 113 Å². The fraction of sp³-hybridized carbons (Fsp3) is 0.846. The Hall–Kier alpha value is -1.30. The number of hydrogen-bond acceptors (Lipinski definition) is 3. The minimum absolute atomic E-state index is 0.0139. The summed E-state index contributed by atoms with van der Waals surface area (Å²) in [5.74, 6) is -1.27. The molecule has 2 amide bonds. The summed E-state index contributed by atoms with van der Waals surface area (Å²) in [4.78, 5) is 21.9. The molecule has 0 spiro atoms. The monoisotopic (exact) mass is 272 g/mol. The Balaban J connectivity index is 2.15. The molecule has 4 N–H and O–H groups in total. The van der Waals surface area contributed by atoms with E-state index in [-0.39, 0.29) is 24.4 Å². The van der Waals surface area contributed by atoms with Crippen LogP contribution in [-0.4, -0.2) is 41.4 Å². The third-order valence-electron chi connectivity index (χ3n) is 3.72. The van der Waals surface area contributed by atoms with Crippen molar-refractivity contribution in [3.05, 3.63) is 0 Å². The first-order valence-electron chi connectivity index (χ1n) is 6.85. The van der Waals surface area contributed by atoms with E-state index in [2.05, 4.69) is 17.6 Å². The summed E-state index contributed by atoms with van der Waals surface area (Å²) in [5.41, 5.74) is 0.177. The molecular formula is C13H24N2O4. The summed E-state index contributed by atoms with van der Waals surface area (Å²) in [7, 11) is 0. The first-order valence-corrected chi connectivity index (χ1v) is 6.85. The molecule has 1 aliphatic carbocycles. The van der Waals surface area contributed by atoms with Crippen molar-refractivity contribution in [2.24, 2.45) is 5.41 Å². The van der Waals surface area contributed by atoms with Crippen LogP contribution in [0.15, 0.2) is 0 Å².